The van der Waals surface area contributed by atoms with Gasteiger partial charge in [0.15, 0.2) is 0 Å². The number of aliphatic hydroxyl groups excluding tert-OH is 1. The molecule has 2 aromatic rings. The molecule has 1 heterocycles. The van der Waals surface area contributed by atoms with Gasteiger partial charge < -0.3 is 19.0 Å². The lowest BCUT2D eigenvalue weighted by molar-refractivity contribution is -0.145. The van der Waals surface area contributed by atoms with E-state index in [-0.39, 0.29) is 31.0 Å². The molecule has 1 aromatic heterocycles. The maximum atomic E-state index is 11.7. The lowest BCUT2D eigenvalue weighted by Gasteiger charge is -2.12. The SMILES string of the molecule is COc1ccc2ccc(=O)oc2c1C=C[C@H](CO)COC(=O)CC(C)C. The molecule has 0 aliphatic carbocycles. The van der Waals surface area contributed by atoms with Gasteiger partial charge in [0.1, 0.15) is 11.3 Å². The average molecular weight is 360 g/mol. The van der Waals surface area contributed by atoms with E-state index < -0.39 is 5.63 Å². The predicted octanol–water partition coefficient (Wildman–Crippen LogP) is 3.01. The maximum Gasteiger partial charge on any atom is 0.336 e. The highest BCUT2D eigenvalue weighted by atomic mass is 16.5. The number of hydrogen-bond acceptors (Lipinski definition) is 6. The number of hydrogen-bond donors (Lipinski definition) is 1. The summed E-state index contributed by atoms with van der Waals surface area (Å²) in [5, 5.41) is 10.3. The molecule has 0 aliphatic heterocycles. The number of aliphatic hydroxyl groups is 1. The molecule has 1 aromatic carbocycles. The van der Waals surface area contributed by atoms with Crippen molar-refractivity contribution in [3.8, 4) is 5.75 Å². The van der Waals surface area contributed by atoms with Crippen molar-refractivity contribution in [2.24, 2.45) is 11.8 Å². The van der Waals surface area contributed by atoms with E-state index in [1.165, 1.54) is 13.2 Å². The first kappa shape index (κ1) is 19.7. The first-order valence-corrected chi connectivity index (χ1v) is 8.50. The van der Waals surface area contributed by atoms with E-state index in [1.54, 1.807) is 30.4 Å². The second kappa shape index (κ2) is 9.20. The molecule has 0 saturated carbocycles. The first-order chi connectivity index (χ1) is 12.4. The fourth-order valence-corrected chi connectivity index (χ4v) is 2.47. The van der Waals surface area contributed by atoms with Gasteiger partial charge in [-0.15, -0.1) is 0 Å². The van der Waals surface area contributed by atoms with Crippen LogP contribution < -0.4 is 10.4 Å². The number of methoxy groups -OCH3 is 1. The molecule has 0 saturated heterocycles. The molecule has 0 amide bonds. The second-order valence-corrected chi connectivity index (χ2v) is 6.44. The van der Waals surface area contributed by atoms with E-state index >= 15 is 0 Å². The molecule has 0 fully saturated rings. The van der Waals surface area contributed by atoms with Crippen LogP contribution in [0.5, 0.6) is 5.75 Å². The summed E-state index contributed by atoms with van der Waals surface area (Å²) >= 11 is 0. The Morgan fingerprint density at radius 1 is 1.27 bits per heavy atom. The third-order valence-corrected chi connectivity index (χ3v) is 3.81. The Kier molecular flexibility index (Phi) is 6.97. The average Bonchev–Trinajstić information content (AvgIpc) is 2.61. The summed E-state index contributed by atoms with van der Waals surface area (Å²) in [6.45, 7) is 3.77. The maximum absolute atomic E-state index is 11.7. The summed E-state index contributed by atoms with van der Waals surface area (Å²) in [5.74, 6) is 0.0900. The molecule has 2 rings (SSSR count). The van der Waals surface area contributed by atoms with Crippen molar-refractivity contribution in [2.75, 3.05) is 20.3 Å². The van der Waals surface area contributed by atoms with E-state index in [2.05, 4.69) is 0 Å². The Morgan fingerprint density at radius 2 is 2.00 bits per heavy atom. The van der Waals surface area contributed by atoms with Crippen molar-refractivity contribution in [3.63, 3.8) is 0 Å². The second-order valence-electron chi connectivity index (χ2n) is 6.44. The van der Waals surface area contributed by atoms with Crippen LogP contribution in [0.15, 0.2) is 39.6 Å². The molecule has 1 N–H and O–H groups in total. The lowest BCUT2D eigenvalue weighted by Crippen LogP contribution is -2.16. The molecule has 1 atom stereocenters. The van der Waals surface area contributed by atoms with Gasteiger partial charge in [-0.2, -0.15) is 0 Å². The van der Waals surface area contributed by atoms with Crippen LogP contribution in [0.3, 0.4) is 0 Å². The van der Waals surface area contributed by atoms with E-state index in [0.29, 0.717) is 23.3 Å². The zero-order chi connectivity index (χ0) is 19.1. The molecule has 0 radical (unpaired) electrons. The van der Waals surface area contributed by atoms with Crippen LogP contribution in [-0.4, -0.2) is 31.4 Å². The number of rotatable bonds is 8. The summed E-state index contributed by atoms with van der Waals surface area (Å²) in [4.78, 5) is 23.2. The Bertz CT molecular complexity index is 834. The standard InChI is InChI=1S/C20H24O6/c1-13(2)10-19(23)25-12-14(11-21)4-7-16-17(24-3)8-5-15-6-9-18(22)26-20(15)16/h4-9,13-14,21H,10-12H2,1-3H3/t14-/m1/s1. The van der Waals surface area contributed by atoms with Crippen molar-refractivity contribution >= 4 is 23.0 Å². The van der Waals surface area contributed by atoms with E-state index in [4.69, 9.17) is 13.9 Å². The molecule has 6 nitrogen and oxygen atoms in total. The van der Waals surface area contributed by atoms with Crippen molar-refractivity contribution < 1.29 is 23.8 Å². The van der Waals surface area contributed by atoms with Gasteiger partial charge in [-0.05, 0) is 24.1 Å². The van der Waals surface area contributed by atoms with Gasteiger partial charge in [0, 0.05) is 23.8 Å². The first-order valence-electron chi connectivity index (χ1n) is 8.50. The minimum atomic E-state index is -0.457. The molecule has 0 spiro atoms. The predicted molar refractivity (Wildman–Crippen MR) is 99.1 cm³/mol. The van der Waals surface area contributed by atoms with Gasteiger partial charge in [0.05, 0.1) is 25.9 Å². The van der Waals surface area contributed by atoms with Crippen LogP contribution in [0, 0.1) is 11.8 Å². The van der Waals surface area contributed by atoms with Crippen molar-refractivity contribution in [3.05, 3.63) is 46.3 Å². The number of esters is 1. The molecule has 26 heavy (non-hydrogen) atoms. The monoisotopic (exact) mass is 360 g/mol. The fraction of sp³-hybridized carbons (Fsp3) is 0.400. The summed E-state index contributed by atoms with van der Waals surface area (Å²) in [6, 6.07) is 6.60. The fourth-order valence-electron chi connectivity index (χ4n) is 2.47. The highest BCUT2D eigenvalue weighted by Gasteiger charge is 2.12. The van der Waals surface area contributed by atoms with Crippen LogP contribution in [0.4, 0.5) is 0 Å². The Labute approximate surface area is 152 Å². The molecule has 0 bridgehead atoms. The summed E-state index contributed by atoms with van der Waals surface area (Å²) < 4.78 is 15.9. The van der Waals surface area contributed by atoms with Gasteiger partial charge in [0.2, 0.25) is 0 Å². The number of carbonyl (C=O) groups excluding carboxylic acids is 1. The largest absolute Gasteiger partial charge is 0.496 e. The third-order valence-electron chi connectivity index (χ3n) is 3.81. The molecular formula is C20H24O6. The van der Waals surface area contributed by atoms with Gasteiger partial charge in [-0.1, -0.05) is 26.0 Å². The Balaban J connectivity index is 2.23. The van der Waals surface area contributed by atoms with Crippen LogP contribution in [0.25, 0.3) is 17.0 Å². The number of fused-ring (bicyclic) bond motifs is 1. The van der Waals surface area contributed by atoms with E-state index in [1.807, 2.05) is 13.8 Å². The topological polar surface area (TPSA) is 86.0 Å². The highest BCUT2D eigenvalue weighted by molar-refractivity contribution is 5.88. The summed E-state index contributed by atoms with van der Waals surface area (Å²) in [6.07, 6.45) is 3.76. The van der Waals surface area contributed by atoms with Gasteiger partial charge in [-0.3, -0.25) is 4.79 Å². The molecule has 0 aliphatic rings. The van der Waals surface area contributed by atoms with Gasteiger partial charge in [0.25, 0.3) is 0 Å². The van der Waals surface area contributed by atoms with Gasteiger partial charge in [-0.25, -0.2) is 4.79 Å². The molecule has 0 unspecified atom stereocenters. The van der Waals surface area contributed by atoms with E-state index in [9.17, 15) is 14.7 Å². The Hall–Kier alpha value is -2.60. The zero-order valence-corrected chi connectivity index (χ0v) is 15.2. The van der Waals surface area contributed by atoms with Crippen LogP contribution in [0.1, 0.15) is 25.8 Å². The van der Waals surface area contributed by atoms with Crippen molar-refractivity contribution in [1.82, 2.24) is 0 Å². The lowest BCUT2D eigenvalue weighted by atomic mass is 10.1. The molecule has 6 heteroatoms. The third kappa shape index (κ3) is 5.20. The number of ether oxygens (including phenoxy) is 2. The van der Waals surface area contributed by atoms with E-state index in [0.717, 1.165) is 5.39 Å². The van der Waals surface area contributed by atoms with Gasteiger partial charge >= 0.3 is 11.6 Å². The normalized spacial score (nSPS) is 12.7. The zero-order valence-electron chi connectivity index (χ0n) is 15.2. The smallest absolute Gasteiger partial charge is 0.336 e. The number of benzene rings is 1. The van der Waals surface area contributed by atoms with Crippen LogP contribution >= 0.6 is 0 Å². The highest BCUT2D eigenvalue weighted by Crippen LogP contribution is 2.28. The van der Waals surface area contributed by atoms with Crippen molar-refractivity contribution in [2.45, 2.75) is 20.3 Å². The van der Waals surface area contributed by atoms with Crippen molar-refractivity contribution in [1.29, 1.82) is 0 Å². The van der Waals surface area contributed by atoms with Crippen LogP contribution in [-0.2, 0) is 9.53 Å². The molecular weight excluding hydrogens is 336 g/mol. The minimum Gasteiger partial charge on any atom is -0.496 e. The Morgan fingerprint density at radius 3 is 2.65 bits per heavy atom. The quantitative estimate of drug-likeness (QED) is 0.575. The summed E-state index contributed by atoms with van der Waals surface area (Å²) in [7, 11) is 1.52. The van der Waals surface area contributed by atoms with Crippen LogP contribution in [0.2, 0.25) is 0 Å². The summed E-state index contributed by atoms with van der Waals surface area (Å²) in [5.41, 5.74) is 0.540. The molecule has 140 valence electrons. The number of carbonyl (C=O) groups is 1. The minimum absolute atomic E-state index is 0.0790.